The van der Waals surface area contributed by atoms with Gasteiger partial charge in [-0.25, -0.2) is 0 Å². The molecule has 0 aliphatic heterocycles. The molecule has 0 aromatic heterocycles. The van der Waals surface area contributed by atoms with Gasteiger partial charge in [-0.05, 0) is 31.1 Å². The van der Waals surface area contributed by atoms with E-state index in [4.69, 9.17) is 0 Å². The number of rotatable bonds is 3. The molecule has 0 bridgehead atoms. The monoisotopic (exact) mass is 137 g/mol. The minimum Gasteiger partial charge on any atom is -0.310 e. The van der Waals surface area contributed by atoms with Crippen molar-refractivity contribution in [3.8, 4) is 0 Å². The first-order chi connectivity index (χ1) is 4.92. The Morgan fingerprint density at radius 1 is 1.50 bits per heavy atom. The first kappa shape index (κ1) is 6.41. The summed E-state index contributed by atoms with van der Waals surface area (Å²) in [5, 5.41) is 3.50. The minimum atomic E-state index is 0.836. The molecule has 0 heterocycles. The summed E-state index contributed by atoms with van der Waals surface area (Å²) in [6.07, 6.45) is 6.33. The van der Waals surface area contributed by atoms with Crippen LogP contribution >= 0.6 is 0 Å². The van der Waals surface area contributed by atoms with E-state index >= 15 is 0 Å². The third-order valence-electron chi connectivity index (χ3n) is 2.87. The average molecular weight is 137 g/mol. The van der Waals surface area contributed by atoms with Crippen molar-refractivity contribution in [1.82, 2.24) is 5.32 Å². The molecule has 0 aromatic rings. The van der Waals surface area contributed by atoms with E-state index in [2.05, 4.69) is 11.9 Å². The Hall–Kier alpha value is -0.300. The van der Waals surface area contributed by atoms with Crippen LogP contribution in [-0.2, 0) is 0 Å². The van der Waals surface area contributed by atoms with E-state index in [1.165, 1.54) is 19.3 Å². The van der Waals surface area contributed by atoms with Crippen molar-refractivity contribution in [3.63, 3.8) is 0 Å². The van der Waals surface area contributed by atoms with Crippen LogP contribution in [0.5, 0.6) is 0 Å². The Labute approximate surface area is 62.5 Å². The van der Waals surface area contributed by atoms with Crippen LogP contribution in [0.15, 0.2) is 12.7 Å². The summed E-state index contributed by atoms with van der Waals surface area (Å²) in [7, 11) is 0. The molecule has 56 valence electrons. The fourth-order valence-electron chi connectivity index (χ4n) is 2.19. The van der Waals surface area contributed by atoms with Crippen molar-refractivity contribution >= 4 is 0 Å². The predicted molar refractivity (Wildman–Crippen MR) is 42.8 cm³/mol. The van der Waals surface area contributed by atoms with Gasteiger partial charge in [0.15, 0.2) is 0 Å². The Balaban J connectivity index is 1.77. The molecule has 1 N–H and O–H groups in total. The smallest absolute Gasteiger partial charge is 0.0134 e. The van der Waals surface area contributed by atoms with Gasteiger partial charge in [-0.1, -0.05) is 6.08 Å². The molecule has 2 saturated carbocycles. The summed E-state index contributed by atoms with van der Waals surface area (Å²) in [6, 6.07) is 0.836. The summed E-state index contributed by atoms with van der Waals surface area (Å²) in [6.45, 7) is 4.69. The van der Waals surface area contributed by atoms with Crippen molar-refractivity contribution in [2.75, 3.05) is 6.54 Å². The third kappa shape index (κ3) is 0.988. The number of nitrogens with one attached hydrogen (secondary N) is 1. The van der Waals surface area contributed by atoms with E-state index in [1.54, 1.807) is 0 Å². The maximum atomic E-state index is 3.70. The molecule has 1 unspecified atom stereocenters. The van der Waals surface area contributed by atoms with Gasteiger partial charge < -0.3 is 5.32 Å². The lowest BCUT2D eigenvalue weighted by atomic mass is 10.2. The van der Waals surface area contributed by atoms with Crippen LogP contribution in [0.25, 0.3) is 0 Å². The van der Waals surface area contributed by atoms with Crippen LogP contribution in [0.2, 0.25) is 0 Å². The van der Waals surface area contributed by atoms with E-state index in [-0.39, 0.29) is 0 Å². The molecule has 0 aromatic carbocycles. The second-order valence-corrected chi connectivity index (χ2v) is 3.54. The zero-order chi connectivity index (χ0) is 6.97. The first-order valence-electron chi connectivity index (χ1n) is 4.26. The van der Waals surface area contributed by atoms with Crippen molar-refractivity contribution in [2.24, 2.45) is 11.8 Å². The Morgan fingerprint density at radius 2 is 2.40 bits per heavy atom. The van der Waals surface area contributed by atoms with Gasteiger partial charge in [-0.15, -0.1) is 6.58 Å². The maximum absolute atomic E-state index is 3.70. The van der Waals surface area contributed by atoms with E-state index < -0.39 is 0 Å². The molecule has 0 spiro atoms. The van der Waals surface area contributed by atoms with Gasteiger partial charge in [0.1, 0.15) is 0 Å². The van der Waals surface area contributed by atoms with Crippen molar-refractivity contribution < 1.29 is 0 Å². The van der Waals surface area contributed by atoms with Gasteiger partial charge >= 0.3 is 0 Å². The molecular formula is C9H15N. The van der Waals surface area contributed by atoms with Gasteiger partial charge in [-0.2, -0.15) is 0 Å². The van der Waals surface area contributed by atoms with E-state index in [1.807, 2.05) is 6.08 Å². The molecule has 2 fully saturated rings. The summed E-state index contributed by atoms with van der Waals surface area (Å²) in [5.41, 5.74) is 0. The second-order valence-electron chi connectivity index (χ2n) is 3.54. The quantitative estimate of drug-likeness (QED) is 0.582. The molecular weight excluding hydrogens is 122 g/mol. The number of hydrogen-bond donors (Lipinski definition) is 1. The van der Waals surface area contributed by atoms with E-state index in [0.717, 1.165) is 24.4 Å². The SMILES string of the molecule is C=CCNC1CC[C@@H]2C[C@H]12. The molecule has 1 heteroatoms. The van der Waals surface area contributed by atoms with Gasteiger partial charge in [0.25, 0.3) is 0 Å². The van der Waals surface area contributed by atoms with Crippen LogP contribution in [-0.4, -0.2) is 12.6 Å². The lowest BCUT2D eigenvalue weighted by molar-refractivity contribution is 0.500. The average Bonchev–Trinajstić information content (AvgIpc) is 2.63. The molecule has 0 radical (unpaired) electrons. The number of fused-ring (bicyclic) bond motifs is 1. The number of hydrogen-bond acceptors (Lipinski definition) is 1. The van der Waals surface area contributed by atoms with E-state index in [9.17, 15) is 0 Å². The van der Waals surface area contributed by atoms with Gasteiger partial charge in [0.05, 0.1) is 0 Å². The summed E-state index contributed by atoms with van der Waals surface area (Å²) >= 11 is 0. The zero-order valence-electron chi connectivity index (χ0n) is 6.34. The van der Waals surface area contributed by atoms with Gasteiger partial charge in [0.2, 0.25) is 0 Å². The van der Waals surface area contributed by atoms with Crippen molar-refractivity contribution in [1.29, 1.82) is 0 Å². The first-order valence-corrected chi connectivity index (χ1v) is 4.26. The fourth-order valence-corrected chi connectivity index (χ4v) is 2.19. The lowest BCUT2D eigenvalue weighted by Gasteiger charge is -2.11. The molecule has 0 amide bonds. The Morgan fingerprint density at radius 3 is 2.90 bits per heavy atom. The highest BCUT2D eigenvalue weighted by Crippen LogP contribution is 2.51. The van der Waals surface area contributed by atoms with Crippen LogP contribution in [0.4, 0.5) is 0 Å². The molecule has 0 saturated heterocycles. The summed E-state index contributed by atoms with van der Waals surface area (Å²) < 4.78 is 0. The van der Waals surface area contributed by atoms with Crippen LogP contribution < -0.4 is 5.32 Å². The van der Waals surface area contributed by atoms with Gasteiger partial charge in [0, 0.05) is 12.6 Å². The van der Waals surface area contributed by atoms with Crippen LogP contribution in [0.1, 0.15) is 19.3 Å². The normalized spacial score (nSPS) is 43.0. The lowest BCUT2D eigenvalue weighted by Crippen LogP contribution is -2.28. The molecule has 2 rings (SSSR count). The van der Waals surface area contributed by atoms with E-state index in [0.29, 0.717) is 0 Å². The maximum Gasteiger partial charge on any atom is 0.0134 e. The summed E-state index contributed by atoms with van der Waals surface area (Å²) in [4.78, 5) is 0. The standard InChI is InChI=1S/C9H15N/c1-2-5-10-9-4-3-7-6-8(7)9/h2,7-10H,1,3-6H2/t7-,8+,9?/m1/s1. The molecule has 1 nitrogen and oxygen atoms in total. The molecule has 3 atom stereocenters. The third-order valence-corrected chi connectivity index (χ3v) is 2.87. The fraction of sp³-hybridized carbons (Fsp3) is 0.778. The molecule has 2 aliphatic carbocycles. The van der Waals surface area contributed by atoms with Gasteiger partial charge in [-0.3, -0.25) is 0 Å². The Bertz CT molecular complexity index is 142. The molecule has 2 aliphatic rings. The van der Waals surface area contributed by atoms with Crippen molar-refractivity contribution in [2.45, 2.75) is 25.3 Å². The second kappa shape index (κ2) is 2.39. The largest absolute Gasteiger partial charge is 0.310 e. The highest BCUT2D eigenvalue weighted by atomic mass is 14.9. The topological polar surface area (TPSA) is 12.0 Å². The Kier molecular flexibility index (Phi) is 1.53. The molecule has 10 heavy (non-hydrogen) atoms. The van der Waals surface area contributed by atoms with Crippen molar-refractivity contribution in [3.05, 3.63) is 12.7 Å². The van der Waals surface area contributed by atoms with Crippen LogP contribution in [0, 0.1) is 11.8 Å². The zero-order valence-corrected chi connectivity index (χ0v) is 6.34. The van der Waals surface area contributed by atoms with Crippen LogP contribution in [0.3, 0.4) is 0 Å². The highest BCUT2D eigenvalue weighted by Gasteiger charge is 2.47. The minimum absolute atomic E-state index is 0.836. The predicted octanol–water partition coefficient (Wildman–Crippen LogP) is 1.56. The summed E-state index contributed by atoms with van der Waals surface area (Å²) in [5.74, 6) is 2.14. The highest BCUT2D eigenvalue weighted by molar-refractivity contribution is 5.01.